The third-order valence-corrected chi connectivity index (χ3v) is 3.75. The maximum absolute atomic E-state index is 12.0. The molecule has 1 atom stereocenters. The second kappa shape index (κ2) is 6.49. The number of aliphatic carboxylic acids is 1. The standard InChI is InChI=1S/C13H16N4O3S/c1-8(3-4-11(18)19)15-12(20)10-7-21-13(16-10)9-5-14-17(2)6-9/h5-8H,3-4H2,1-2H3,(H,15,20)(H,18,19). The minimum atomic E-state index is -0.872. The predicted octanol–water partition coefficient (Wildman–Crippen LogP) is 1.53. The smallest absolute Gasteiger partial charge is 0.303 e. The molecule has 2 aromatic rings. The van der Waals surface area contributed by atoms with Crippen LogP contribution in [-0.2, 0) is 11.8 Å². The molecule has 0 aliphatic carbocycles. The summed E-state index contributed by atoms with van der Waals surface area (Å²) in [7, 11) is 1.81. The van der Waals surface area contributed by atoms with Gasteiger partial charge in [-0.15, -0.1) is 11.3 Å². The van der Waals surface area contributed by atoms with Crippen molar-refractivity contribution in [2.75, 3.05) is 0 Å². The van der Waals surface area contributed by atoms with Crippen molar-refractivity contribution < 1.29 is 14.7 Å². The first kappa shape index (κ1) is 15.2. The van der Waals surface area contributed by atoms with Gasteiger partial charge < -0.3 is 10.4 Å². The van der Waals surface area contributed by atoms with Crippen molar-refractivity contribution in [2.45, 2.75) is 25.8 Å². The summed E-state index contributed by atoms with van der Waals surface area (Å²) in [6, 6.07) is -0.211. The molecular formula is C13H16N4O3S. The van der Waals surface area contributed by atoms with Gasteiger partial charge in [-0.3, -0.25) is 14.3 Å². The fourth-order valence-corrected chi connectivity index (χ4v) is 2.53. The quantitative estimate of drug-likeness (QED) is 0.843. The second-order valence-electron chi connectivity index (χ2n) is 4.75. The van der Waals surface area contributed by atoms with Crippen LogP contribution >= 0.6 is 11.3 Å². The van der Waals surface area contributed by atoms with Gasteiger partial charge in [0.25, 0.3) is 5.91 Å². The highest BCUT2D eigenvalue weighted by molar-refractivity contribution is 7.13. The van der Waals surface area contributed by atoms with Gasteiger partial charge >= 0.3 is 5.97 Å². The van der Waals surface area contributed by atoms with E-state index in [1.807, 2.05) is 13.2 Å². The van der Waals surface area contributed by atoms with Gasteiger partial charge in [-0.2, -0.15) is 5.10 Å². The van der Waals surface area contributed by atoms with Gasteiger partial charge in [0.15, 0.2) is 0 Å². The van der Waals surface area contributed by atoms with Crippen molar-refractivity contribution in [3.8, 4) is 10.6 Å². The zero-order chi connectivity index (χ0) is 15.4. The first-order valence-corrected chi connectivity index (χ1v) is 7.31. The summed E-state index contributed by atoms with van der Waals surface area (Å²) in [5, 5.41) is 17.8. The molecule has 0 bridgehead atoms. The molecule has 8 heteroatoms. The maximum atomic E-state index is 12.0. The van der Waals surface area contributed by atoms with Crippen molar-refractivity contribution in [3.05, 3.63) is 23.5 Å². The van der Waals surface area contributed by atoms with Crippen LogP contribution in [-0.4, -0.2) is 37.8 Å². The summed E-state index contributed by atoms with van der Waals surface area (Å²) in [4.78, 5) is 26.8. The number of carbonyl (C=O) groups excluding carboxylic acids is 1. The molecule has 2 aromatic heterocycles. The Morgan fingerprint density at radius 1 is 1.52 bits per heavy atom. The van der Waals surface area contributed by atoms with E-state index < -0.39 is 5.97 Å². The van der Waals surface area contributed by atoms with Gasteiger partial charge in [0, 0.05) is 36.7 Å². The lowest BCUT2D eigenvalue weighted by atomic mass is 10.2. The maximum Gasteiger partial charge on any atom is 0.303 e. The van der Waals surface area contributed by atoms with Crippen LogP contribution < -0.4 is 5.32 Å². The molecule has 0 saturated heterocycles. The average Bonchev–Trinajstić information content (AvgIpc) is 3.04. The number of nitrogens with zero attached hydrogens (tertiary/aromatic N) is 3. The van der Waals surface area contributed by atoms with E-state index in [0.717, 1.165) is 10.6 Å². The van der Waals surface area contributed by atoms with E-state index in [1.54, 1.807) is 23.2 Å². The Hall–Kier alpha value is -2.22. The molecule has 1 amide bonds. The molecule has 0 aromatic carbocycles. The second-order valence-corrected chi connectivity index (χ2v) is 5.61. The Morgan fingerprint density at radius 2 is 2.29 bits per heavy atom. The topological polar surface area (TPSA) is 97.1 Å². The molecule has 21 heavy (non-hydrogen) atoms. The molecule has 2 N–H and O–H groups in total. The minimum Gasteiger partial charge on any atom is -0.481 e. The number of carboxylic acids is 1. The molecule has 7 nitrogen and oxygen atoms in total. The minimum absolute atomic E-state index is 0.0272. The largest absolute Gasteiger partial charge is 0.481 e. The Labute approximate surface area is 125 Å². The Kier molecular flexibility index (Phi) is 4.69. The molecule has 0 radical (unpaired) electrons. The van der Waals surface area contributed by atoms with Crippen LogP contribution in [0.25, 0.3) is 10.6 Å². The van der Waals surface area contributed by atoms with Crippen molar-refractivity contribution in [1.29, 1.82) is 0 Å². The van der Waals surface area contributed by atoms with Crippen LogP contribution in [0.2, 0.25) is 0 Å². The average molecular weight is 308 g/mol. The number of aryl methyl sites for hydroxylation is 1. The zero-order valence-electron chi connectivity index (χ0n) is 11.7. The first-order chi connectivity index (χ1) is 9.95. The lowest BCUT2D eigenvalue weighted by Crippen LogP contribution is -2.33. The lowest BCUT2D eigenvalue weighted by molar-refractivity contribution is -0.137. The van der Waals surface area contributed by atoms with Crippen LogP contribution in [0.3, 0.4) is 0 Å². The fourth-order valence-electron chi connectivity index (χ4n) is 1.75. The molecule has 0 aliphatic heterocycles. The first-order valence-electron chi connectivity index (χ1n) is 6.43. The van der Waals surface area contributed by atoms with Crippen LogP contribution in [0.1, 0.15) is 30.3 Å². The number of carboxylic acid groups (broad SMARTS) is 1. The van der Waals surface area contributed by atoms with E-state index in [-0.39, 0.29) is 18.4 Å². The van der Waals surface area contributed by atoms with Gasteiger partial charge in [0.05, 0.1) is 6.20 Å². The van der Waals surface area contributed by atoms with Crippen molar-refractivity contribution >= 4 is 23.2 Å². The third kappa shape index (κ3) is 4.12. The zero-order valence-corrected chi connectivity index (χ0v) is 12.6. The van der Waals surface area contributed by atoms with Crippen LogP contribution in [0.4, 0.5) is 0 Å². The van der Waals surface area contributed by atoms with Gasteiger partial charge in [0.2, 0.25) is 0 Å². The monoisotopic (exact) mass is 308 g/mol. The third-order valence-electron chi connectivity index (χ3n) is 2.86. The van der Waals surface area contributed by atoms with Crippen LogP contribution in [0, 0.1) is 0 Å². The van der Waals surface area contributed by atoms with Crippen molar-refractivity contribution in [2.24, 2.45) is 7.05 Å². The highest BCUT2D eigenvalue weighted by Crippen LogP contribution is 2.22. The number of hydrogen-bond donors (Lipinski definition) is 2. The van der Waals surface area contributed by atoms with E-state index in [4.69, 9.17) is 5.11 Å². The SMILES string of the molecule is CC(CCC(=O)O)NC(=O)c1csc(-c2cnn(C)c2)n1. The summed E-state index contributed by atoms with van der Waals surface area (Å²) in [6.45, 7) is 1.77. The molecule has 0 saturated carbocycles. The fraction of sp³-hybridized carbons (Fsp3) is 0.385. The number of amides is 1. The van der Waals surface area contributed by atoms with E-state index in [0.29, 0.717) is 12.1 Å². The summed E-state index contributed by atoms with van der Waals surface area (Å²) in [5.74, 6) is -1.16. The Bertz CT molecular complexity index is 649. The van der Waals surface area contributed by atoms with E-state index in [2.05, 4.69) is 15.4 Å². The highest BCUT2D eigenvalue weighted by atomic mass is 32.1. The molecule has 0 fully saturated rings. The number of carbonyl (C=O) groups is 2. The highest BCUT2D eigenvalue weighted by Gasteiger charge is 2.15. The van der Waals surface area contributed by atoms with Crippen LogP contribution in [0.5, 0.6) is 0 Å². The van der Waals surface area contributed by atoms with Crippen molar-refractivity contribution in [3.63, 3.8) is 0 Å². The predicted molar refractivity (Wildman–Crippen MR) is 78.1 cm³/mol. The molecule has 0 aliphatic rings. The number of rotatable bonds is 6. The normalized spacial score (nSPS) is 12.1. The summed E-state index contributed by atoms with van der Waals surface area (Å²) >= 11 is 1.37. The summed E-state index contributed by atoms with van der Waals surface area (Å²) < 4.78 is 1.67. The molecule has 2 heterocycles. The van der Waals surface area contributed by atoms with Gasteiger partial charge in [-0.05, 0) is 13.3 Å². The number of hydrogen-bond acceptors (Lipinski definition) is 5. The van der Waals surface area contributed by atoms with Crippen LogP contribution in [0.15, 0.2) is 17.8 Å². The van der Waals surface area contributed by atoms with E-state index >= 15 is 0 Å². The number of nitrogens with one attached hydrogen (secondary N) is 1. The molecular weight excluding hydrogens is 292 g/mol. The van der Waals surface area contributed by atoms with E-state index in [1.165, 1.54) is 11.3 Å². The molecule has 2 rings (SSSR count). The Balaban J connectivity index is 1.97. The number of aromatic nitrogens is 3. The Morgan fingerprint density at radius 3 is 2.90 bits per heavy atom. The molecule has 1 unspecified atom stereocenters. The van der Waals surface area contributed by atoms with E-state index in [9.17, 15) is 9.59 Å². The molecule has 0 spiro atoms. The van der Waals surface area contributed by atoms with Gasteiger partial charge in [0.1, 0.15) is 10.7 Å². The number of thiazole rings is 1. The summed E-state index contributed by atoms with van der Waals surface area (Å²) in [5.41, 5.74) is 1.20. The lowest BCUT2D eigenvalue weighted by Gasteiger charge is -2.11. The van der Waals surface area contributed by atoms with Gasteiger partial charge in [-0.1, -0.05) is 0 Å². The summed E-state index contributed by atoms with van der Waals surface area (Å²) in [6.07, 6.45) is 3.94. The van der Waals surface area contributed by atoms with Gasteiger partial charge in [-0.25, -0.2) is 4.98 Å². The van der Waals surface area contributed by atoms with Crippen molar-refractivity contribution in [1.82, 2.24) is 20.1 Å². The molecule has 112 valence electrons.